The Morgan fingerprint density at radius 3 is 2.47 bits per heavy atom. The maximum Gasteiger partial charge on any atom is 0.242 e. The van der Waals surface area contributed by atoms with E-state index in [1.54, 1.807) is 0 Å². The molecule has 1 saturated carbocycles. The van der Waals surface area contributed by atoms with Crippen molar-refractivity contribution in [2.45, 2.75) is 40.0 Å². The van der Waals surface area contributed by atoms with Gasteiger partial charge in [-0.1, -0.05) is 6.92 Å². The summed E-state index contributed by atoms with van der Waals surface area (Å²) in [6.07, 6.45) is 3.89. The molecule has 0 bridgehead atoms. The third-order valence-electron chi connectivity index (χ3n) is 3.42. The fourth-order valence-corrected chi connectivity index (χ4v) is 1.63. The second kappa shape index (κ2) is 3.76. The van der Waals surface area contributed by atoms with Crippen LogP contribution in [0.25, 0.3) is 0 Å². The van der Waals surface area contributed by atoms with Gasteiger partial charge in [0.2, 0.25) is 5.95 Å². The van der Waals surface area contributed by atoms with Gasteiger partial charge < -0.3 is 5.32 Å². The van der Waals surface area contributed by atoms with Crippen LogP contribution in [0.15, 0.2) is 0 Å². The zero-order valence-electron chi connectivity index (χ0n) is 9.67. The zero-order valence-corrected chi connectivity index (χ0v) is 9.67. The molecule has 0 aromatic carbocycles. The Morgan fingerprint density at radius 1 is 1.20 bits per heavy atom. The van der Waals surface area contributed by atoms with Gasteiger partial charge in [-0.15, -0.1) is 5.10 Å². The predicted octanol–water partition coefficient (Wildman–Crippen LogP) is 2.09. The Morgan fingerprint density at radius 2 is 1.93 bits per heavy atom. The Balaban J connectivity index is 1.96. The number of hydrogen-bond donors (Lipinski definition) is 1. The van der Waals surface area contributed by atoms with Gasteiger partial charge >= 0.3 is 0 Å². The fraction of sp³-hybridized carbons (Fsp3) is 0.727. The summed E-state index contributed by atoms with van der Waals surface area (Å²) in [5.74, 6) is 0.665. The van der Waals surface area contributed by atoms with Gasteiger partial charge in [-0.3, -0.25) is 0 Å². The van der Waals surface area contributed by atoms with Crippen LogP contribution in [0, 0.1) is 19.3 Å². The van der Waals surface area contributed by atoms with Crippen molar-refractivity contribution in [2.75, 3.05) is 11.9 Å². The zero-order chi connectivity index (χ0) is 10.9. The minimum atomic E-state index is 0.516. The number of rotatable bonds is 4. The van der Waals surface area contributed by atoms with E-state index in [0.717, 1.165) is 17.9 Å². The largest absolute Gasteiger partial charge is 0.352 e. The van der Waals surface area contributed by atoms with Crippen molar-refractivity contribution < 1.29 is 0 Å². The van der Waals surface area contributed by atoms with Gasteiger partial charge in [0.1, 0.15) is 0 Å². The smallest absolute Gasteiger partial charge is 0.242 e. The third-order valence-corrected chi connectivity index (χ3v) is 3.42. The van der Waals surface area contributed by atoms with Gasteiger partial charge in [0.15, 0.2) is 0 Å². The first-order chi connectivity index (χ1) is 7.15. The van der Waals surface area contributed by atoms with Gasteiger partial charge in [0, 0.05) is 6.54 Å². The number of aryl methyl sites for hydroxylation is 2. The van der Waals surface area contributed by atoms with Crippen molar-refractivity contribution in [1.29, 1.82) is 0 Å². The minimum absolute atomic E-state index is 0.516. The number of anilines is 1. The predicted molar refractivity (Wildman–Crippen MR) is 59.7 cm³/mol. The molecule has 1 aliphatic rings. The highest BCUT2D eigenvalue weighted by atomic mass is 15.2. The van der Waals surface area contributed by atoms with E-state index >= 15 is 0 Å². The summed E-state index contributed by atoms with van der Waals surface area (Å²) in [7, 11) is 0. The van der Waals surface area contributed by atoms with E-state index in [-0.39, 0.29) is 0 Å². The van der Waals surface area contributed by atoms with E-state index < -0.39 is 0 Å². The molecule has 2 rings (SSSR count). The highest BCUT2D eigenvalue weighted by Crippen LogP contribution is 2.48. The van der Waals surface area contributed by atoms with Crippen molar-refractivity contribution in [2.24, 2.45) is 5.41 Å². The van der Waals surface area contributed by atoms with Crippen LogP contribution in [0.2, 0.25) is 0 Å². The van der Waals surface area contributed by atoms with Crippen LogP contribution in [0.3, 0.4) is 0 Å². The summed E-state index contributed by atoms with van der Waals surface area (Å²) in [6, 6.07) is 0. The van der Waals surface area contributed by atoms with Crippen LogP contribution in [-0.4, -0.2) is 21.7 Å². The molecular weight excluding hydrogens is 188 g/mol. The van der Waals surface area contributed by atoms with Crippen LogP contribution >= 0.6 is 0 Å². The van der Waals surface area contributed by atoms with Crippen molar-refractivity contribution in [3.63, 3.8) is 0 Å². The Bertz CT molecular complexity index is 358. The van der Waals surface area contributed by atoms with Crippen LogP contribution < -0.4 is 5.32 Å². The Kier molecular flexibility index (Phi) is 2.59. The molecule has 1 aliphatic carbocycles. The van der Waals surface area contributed by atoms with Gasteiger partial charge in [0.05, 0.1) is 11.4 Å². The lowest BCUT2D eigenvalue weighted by atomic mass is 10.0. The summed E-state index contributed by atoms with van der Waals surface area (Å²) in [4.78, 5) is 4.35. The lowest BCUT2D eigenvalue weighted by Gasteiger charge is -2.13. The van der Waals surface area contributed by atoms with Crippen molar-refractivity contribution >= 4 is 5.95 Å². The van der Waals surface area contributed by atoms with E-state index in [0.29, 0.717) is 11.4 Å². The molecule has 1 heterocycles. The molecular formula is C11H18N4. The standard InChI is InChI=1S/C11H18N4/c1-4-11(5-6-11)7-12-10-13-8(2)9(3)14-15-10/h4-7H2,1-3H3,(H,12,13,15). The fourth-order valence-electron chi connectivity index (χ4n) is 1.63. The number of aromatic nitrogens is 3. The topological polar surface area (TPSA) is 50.7 Å². The van der Waals surface area contributed by atoms with E-state index in [9.17, 15) is 0 Å². The van der Waals surface area contributed by atoms with E-state index in [1.165, 1.54) is 19.3 Å². The van der Waals surface area contributed by atoms with Gasteiger partial charge in [-0.05, 0) is 38.5 Å². The Labute approximate surface area is 90.5 Å². The lowest BCUT2D eigenvalue weighted by molar-refractivity contribution is 0.519. The molecule has 0 amide bonds. The second-order valence-electron chi connectivity index (χ2n) is 4.51. The molecule has 1 aromatic rings. The molecule has 0 saturated heterocycles. The van der Waals surface area contributed by atoms with Gasteiger partial charge in [-0.2, -0.15) is 5.10 Å². The summed E-state index contributed by atoms with van der Waals surface area (Å²) in [5, 5.41) is 11.4. The Hall–Kier alpha value is -1.19. The first kappa shape index (κ1) is 10.3. The highest BCUT2D eigenvalue weighted by molar-refractivity contribution is 5.26. The summed E-state index contributed by atoms with van der Waals surface area (Å²) in [5.41, 5.74) is 2.37. The summed E-state index contributed by atoms with van der Waals surface area (Å²) in [6.45, 7) is 7.11. The molecule has 82 valence electrons. The molecule has 1 aromatic heterocycles. The van der Waals surface area contributed by atoms with E-state index in [4.69, 9.17) is 0 Å². The molecule has 1 N–H and O–H groups in total. The SMILES string of the molecule is CCC1(CNc2nnc(C)c(C)n2)CC1. The van der Waals surface area contributed by atoms with E-state index in [1.807, 2.05) is 13.8 Å². The number of nitrogens with zero attached hydrogens (tertiary/aromatic N) is 3. The molecule has 4 nitrogen and oxygen atoms in total. The first-order valence-electron chi connectivity index (χ1n) is 5.57. The highest BCUT2D eigenvalue weighted by Gasteiger charge is 2.40. The molecule has 15 heavy (non-hydrogen) atoms. The quantitative estimate of drug-likeness (QED) is 0.819. The minimum Gasteiger partial charge on any atom is -0.352 e. The summed E-state index contributed by atoms with van der Waals surface area (Å²) >= 11 is 0. The van der Waals surface area contributed by atoms with Crippen LogP contribution in [-0.2, 0) is 0 Å². The molecule has 0 radical (unpaired) electrons. The average molecular weight is 206 g/mol. The molecule has 0 unspecified atom stereocenters. The van der Waals surface area contributed by atoms with Crippen molar-refractivity contribution in [1.82, 2.24) is 15.2 Å². The number of hydrogen-bond acceptors (Lipinski definition) is 4. The molecule has 0 spiro atoms. The lowest BCUT2D eigenvalue weighted by Crippen LogP contribution is -2.17. The maximum absolute atomic E-state index is 4.35. The second-order valence-corrected chi connectivity index (χ2v) is 4.51. The van der Waals surface area contributed by atoms with Gasteiger partial charge in [0.25, 0.3) is 0 Å². The van der Waals surface area contributed by atoms with Crippen LogP contribution in [0.1, 0.15) is 37.6 Å². The molecule has 0 atom stereocenters. The van der Waals surface area contributed by atoms with Crippen LogP contribution in [0.4, 0.5) is 5.95 Å². The van der Waals surface area contributed by atoms with Crippen LogP contribution in [0.5, 0.6) is 0 Å². The number of nitrogens with one attached hydrogen (secondary N) is 1. The average Bonchev–Trinajstić information content (AvgIpc) is 3.01. The first-order valence-corrected chi connectivity index (χ1v) is 5.57. The monoisotopic (exact) mass is 206 g/mol. The summed E-state index contributed by atoms with van der Waals surface area (Å²) < 4.78 is 0. The maximum atomic E-state index is 4.35. The van der Waals surface area contributed by atoms with Crippen molar-refractivity contribution in [3.05, 3.63) is 11.4 Å². The molecule has 0 aliphatic heterocycles. The molecule has 4 heteroatoms. The normalized spacial score (nSPS) is 17.5. The van der Waals surface area contributed by atoms with Crippen molar-refractivity contribution in [3.8, 4) is 0 Å². The van der Waals surface area contributed by atoms with Gasteiger partial charge in [-0.25, -0.2) is 4.98 Å². The molecule has 1 fully saturated rings. The van der Waals surface area contributed by atoms with E-state index in [2.05, 4.69) is 27.4 Å². The third kappa shape index (κ3) is 2.25.